The molecule has 1 unspecified atom stereocenters. The summed E-state index contributed by atoms with van der Waals surface area (Å²) in [7, 11) is 1.83. The second-order valence-corrected chi connectivity index (χ2v) is 4.22. The molecule has 100 valence electrons. The molecule has 4 N–H and O–H groups in total. The van der Waals surface area contributed by atoms with E-state index >= 15 is 0 Å². The number of hydrogen-bond donors (Lipinski definition) is 3. The number of carbonyl (C=O) groups is 1. The van der Waals surface area contributed by atoms with E-state index in [-0.39, 0.29) is 11.9 Å². The number of amides is 1. The monoisotopic (exact) mass is 260 g/mol. The predicted molar refractivity (Wildman–Crippen MR) is 71.1 cm³/mol. The fraction of sp³-hybridized carbons (Fsp3) is 0.250. The Labute approximate surface area is 110 Å². The molecule has 2 aromatic rings. The molecule has 19 heavy (non-hydrogen) atoms. The third-order valence-electron chi connectivity index (χ3n) is 2.80. The molecule has 1 amide bonds. The number of hydrogen-bond acceptors (Lipinski definition) is 5. The average molecular weight is 260 g/mol. The zero-order valence-corrected chi connectivity index (χ0v) is 10.8. The van der Waals surface area contributed by atoms with Crippen molar-refractivity contribution in [1.82, 2.24) is 20.1 Å². The molecule has 0 spiro atoms. The van der Waals surface area contributed by atoms with Crippen molar-refractivity contribution in [3.05, 3.63) is 42.0 Å². The van der Waals surface area contributed by atoms with Gasteiger partial charge in [-0.1, -0.05) is 0 Å². The quantitative estimate of drug-likeness (QED) is 0.552. The molecular formula is C12H16N6O. The van der Waals surface area contributed by atoms with Crippen LogP contribution >= 0.6 is 0 Å². The normalized spacial score (nSPS) is 11.9. The van der Waals surface area contributed by atoms with Crippen molar-refractivity contribution in [2.75, 3.05) is 5.43 Å². The van der Waals surface area contributed by atoms with Crippen LogP contribution in [0.5, 0.6) is 0 Å². The second kappa shape index (κ2) is 5.49. The van der Waals surface area contributed by atoms with E-state index in [2.05, 4.69) is 20.9 Å². The van der Waals surface area contributed by atoms with Crippen molar-refractivity contribution in [3.8, 4) is 0 Å². The molecule has 0 saturated heterocycles. The number of nitrogens with one attached hydrogen (secondary N) is 2. The Balaban J connectivity index is 2.06. The van der Waals surface area contributed by atoms with Crippen LogP contribution in [0.25, 0.3) is 0 Å². The van der Waals surface area contributed by atoms with Crippen LogP contribution in [0.1, 0.15) is 29.1 Å². The summed E-state index contributed by atoms with van der Waals surface area (Å²) in [5, 5.41) is 10.6. The minimum atomic E-state index is -0.215. The van der Waals surface area contributed by atoms with E-state index < -0.39 is 0 Å². The number of nitrogens with zero attached hydrogens (tertiary/aromatic N) is 3. The number of nitrogens with two attached hydrogens (primary N) is 1. The Morgan fingerprint density at radius 2 is 2.05 bits per heavy atom. The standard InChI is InChI=1S/C12H16N6O/c1-8(11-17-14-7-18(11)2)15-12(19)9-3-5-10(16-13)6-4-9/h3-8,16H,13H2,1-2H3,(H,15,19). The van der Waals surface area contributed by atoms with E-state index in [1.165, 1.54) is 0 Å². The first-order chi connectivity index (χ1) is 9.11. The molecular weight excluding hydrogens is 244 g/mol. The van der Waals surface area contributed by atoms with Gasteiger partial charge in [0.2, 0.25) is 0 Å². The van der Waals surface area contributed by atoms with Crippen LogP contribution in [0.2, 0.25) is 0 Å². The number of aryl methyl sites for hydroxylation is 1. The van der Waals surface area contributed by atoms with E-state index in [9.17, 15) is 4.79 Å². The SMILES string of the molecule is CC(NC(=O)c1ccc(NN)cc1)c1nncn1C. The van der Waals surface area contributed by atoms with Gasteiger partial charge in [-0.05, 0) is 31.2 Å². The minimum Gasteiger partial charge on any atom is -0.342 e. The Bertz CT molecular complexity index is 562. The fourth-order valence-electron chi connectivity index (χ4n) is 1.75. The number of carbonyl (C=O) groups excluding carboxylic acids is 1. The Morgan fingerprint density at radius 1 is 1.37 bits per heavy atom. The number of aromatic nitrogens is 3. The van der Waals surface area contributed by atoms with Crippen molar-refractivity contribution >= 4 is 11.6 Å². The Kier molecular flexibility index (Phi) is 3.76. The van der Waals surface area contributed by atoms with E-state index in [1.54, 1.807) is 35.2 Å². The lowest BCUT2D eigenvalue weighted by Crippen LogP contribution is -2.28. The third-order valence-corrected chi connectivity index (χ3v) is 2.80. The highest BCUT2D eigenvalue weighted by Gasteiger charge is 2.15. The topological polar surface area (TPSA) is 97.9 Å². The predicted octanol–water partition coefficient (Wildman–Crippen LogP) is 0.592. The molecule has 1 atom stereocenters. The lowest BCUT2D eigenvalue weighted by Gasteiger charge is -2.13. The zero-order valence-electron chi connectivity index (χ0n) is 10.8. The summed E-state index contributed by atoms with van der Waals surface area (Å²) < 4.78 is 1.77. The summed E-state index contributed by atoms with van der Waals surface area (Å²) in [6, 6.07) is 6.67. The lowest BCUT2D eigenvalue weighted by atomic mass is 10.2. The molecule has 2 rings (SSSR count). The maximum Gasteiger partial charge on any atom is 0.251 e. The molecule has 0 aliphatic heterocycles. The molecule has 0 bridgehead atoms. The average Bonchev–Trinajstić information content (AvgIpc) is 2.85. The van der Waals surface area contributed by atoms with Crippen molar-refractivity contribution in [3.63, 3.8) is 0 Å². The van der Waals surface area contributed by atoms with Gasteiger partial charge in [0, 0.05) is 18.3 Å². The van der Waals surface area contributed by atoms with Crippen molar-refractivity contribution in [2.24, 2.45) is 12.9 Å². The van der Waals surface area contributed by atoms with Crippen LogP contribution in [0, 0.1) is 0 Å². The van der Waals surface area contributed by atoms with Crippen LogP contribution < -0.4 is 16.6 Å². The van der Waals surface area contributed by atoms with Crippen LogP contribution in [0.15, 0.2) is 30.6 Å². The molecule has 7 nitrogen and oxygen atoms in total. The van der Waals surface area contributed by atoms with Crippen LogP contribution in [0.3, 0.4) is 0 Å². The molecule has 1 heterocycles. The zero-order chi connectivity index (χ0) is 13.8. The van der Waals surface area contributed by atoms with Gasteiger partial charge in [0.1, 0.15) is 6.33 Å². The maximum atomic E-state index is 12.0. The molecule has 0 radical (unpaired) electrons. The van der Waals surface area contributed by atoms with Crippen molar-refractivity contribution in [1.29, 1.82) is 0 Å². The molecule has 0 saturated carbocycles. The van der Waals surface area contributed by atoms with E-state index in [1.807, 2.05) is 14.0 Å². The maximum absolute atomic E-state index is 12.0. The first-order valence-corrected chi connectivity index (χ1v) is 5.83. The number of nitrogen functional groups attached to an aromatic ring is 1. The molecule has 1 aromatic carbocycles. The highest BCUT2D eigenvalue weighted by atomic mass is 16.1. The summed E-state index contributed by atoms with van der Waals surface area (Å²) >= 11 is 0. The molecule has 7 heteroatoms. The summed E-state index contributed by atoms with van der Waals surface area (Å²) in [6.45, 7) is 1.86. The molecule has 0 aliphatic rings. The van der Waals surface area contributed by atoms with Gasteiger partial charge in [-0.3, -0.25) is 10.6 Å². The van der Waals surface area contributed by atoms with Crippen molar-refractivity contribution in [2.45, 2.75) is 13.0 Å². The van der Waals surface area contributed by atoms with E-state index in [0.29, 0.717) is 11.4 Å². The Hall–Kier alpha value is -2.41. The van der Waals surface area contributed by atoms with Gasteiger partial charge in [-0.25, -0.2) is 0 Å². The number of anilines is 1. The Morgan fingerprint density at radius 3 is 2.58 bits per heavy atom. The lowest BCUT2D eigenvalue weighted by molar-refractivity contribution is 0.0938. The summed E-state index contributed by atoms with van der Waals surface area (Å²) in [5.41, 5.74) is 3.82. The second-order valence-electron chi connectivity index (χ2n) is 4.22. The molecule has 1 aromatic heterocycles. The first-order valence-electron chi connectivity index (χ1n) is 5.83. The largest absolute Gasteiger partial charge is 0.342 e. The summed E-state index contributed by atoms with van der Waals surface area (Å²) in [5.74, 6) is 5.80. The van der Waals surface area contributed by atoms with Gasteiger partial charge < -0.3 is 15.3 Å². The van der Waals surface area contributed by atoms with Crippen molar-refractivity contribution < 1.29 is 4.79 Å². The minimum absolute atomic E-state index is 0.168. The van der Waals surface area contributed by atoms with Gasteiger partial charge in [0.15, 0.2) is 5.82 Å². The van der Waals surface area contributed by atoms with Gasteiger partial charge in [0.25, 0.3) is 5.91 Å². The van der Waals surface area contributed by atoms with Gasteiger partial charge >= 0.3 is 0 Å². The van der Waals surface area contributed by atoms with Gasteiger partial charge in [0.05, 0.1) is 6.04 Å². The fourth-order valence-corrected chi connectivity index (χ4v) is 1.75. The number of rotatable bonds is 4. The molecule has 0 fully saturated rings. The highest BCUT2D eigenvalue weighted by Crippen LogP contribution is 2.11. The van der Waals surface area contributed by atoms with Gasteiger partial charge in [-0.2, -0.15) is 0 Å². The van der Waals surface area contributed by atoms with E-state index in [4.69, 9.17) is 5.84 Å². The molecule has 0 aliphatic carbocycles. The highest BCUT2D eigenvalue weighted by molar-refractivity contribution is 5.94. The smallest absolute Gasteiger partial charge is 0.251 e. The number of hydrazine groups is 1. The number of benzene rings is 1. The van der Waals surface area contributed by atoms with E-state index in [0.717, 1.165) is 5.69 Å². The van der Waals surface area contributed by atoms with Gasteiger partial charge in [-0.15, -0.1) is 10.2 Å². The van der Waals surface area contributed by atoms with Crippen LogP contribution in [-0.2, 0) is 7.05 Å². The van der Waals surface area contributed by atoms with Crippen LogP contribution in [0.4, 0.5) is 5.69 Å². The first kappa shape index (κ1) is 13.0. The van der Waals surface area contributed by atoms with Crippen LogP contribution in [-0.4, -0.2) is 20.7 Å². The summed E-state index contributed by atoms with van der Waals surface area (Å²) in [4.78, 5) is 12.0. The third kappa shape index (κ3) is 2.89. The summed E-state index contributed by atoms with van der Waals surface area (Å²) in [6.07, 6.45) is 1.60.